The molecule has 2 aromatic carbocycles. The number of aliphatic carboxylic acids is 1. The number of hydrogen-bond donors (Lipinski definition) is 2. The van der Waals surface area contributed by atoms with E-state index in [0.717, 1.165) is 10.8 Å². The molecule has 0 aliphatic rings. The minimum absolute atomic E-state index is 0.0549. The van der Waals surface area contributed by atoms with Gasteiger partial charge in [-0.2, -0.15) is 4.72 Å². The van der Waals surface area contributed by atoms with Gasteiger partial charge in [0.1, 0.15) is 6.04 Å². The van der Waals surface area contributed by atoms with Crippen molar-refractivity contribution in [3.63, 3.8) is 0 Å². The van der Waals surface area contributed by atoms with Crippen LogP contribution in [-0.4, -0.2) is 25.5 Å². The van der Waals surface area contributed by atoms with E-state index in [1.807, 2.05) is 18.2 Å². The summed E-state index contributed by atoms with van der Waals surface area (Å²) in [6, 6.07) is 10.8. The first-order valence-corrected chi connectivity index (χ1v) is 7.12. The highest BCUT2D eigenvalue weighted by Gasteiger charge is 2.21. The van der Waals surface area contributed by atoms with Crippen molar-refractivity contribution < 1.29 is 18.3 Å². The number of fused-ring (bicyclic) bond motifs is 1. The summed E-state index contributed by atoms with van der Waals surface area (Å²) in [6.45, 7) is 1.28. The Morgan fingerprint density at radius 3 is 2.42 bits per heavy atom. The van der Waals surface area contributed by atoms with Gasteiger partial charge in [-0.3, -0.25) is 4.79 Å². The number of benzene rings is 2. The largest absolute Gasteiger partial charge is 0.480 e. The molecule has 0 heterocycles. The Labute approximate surface area is 110 Å². The zero-order valence-corrected chi connectivity index (χ0v) is 11.0. The summed E-state index contributed by atoms with van der Waals surface area (Å²) >= 11 is 0. The maximum absolute atomic E-state index is 12.0. The minimum Gasteiger partial charge on any atom is -0.480 e. The Bertz CT molecular complexity index is 724. The fraction of sp³-hybridized carbons (Fsp3) is 0.154. The number of carbonyl (C=O) groups is 1. The van der Waals surface area contributed by atoms with Crippen LogP contribution in [0, 0.1) is 0 Å². The van der Waals surface area contributed by atoms with Crippen molar-refractivity contribution in [1.82, 2.24) is 4.72 Å². The van der Waals surface area contributed by atoms with E-state index < -0.39 is 22.0 Å². The highest BCUT2D eigenvalue weighted by molar-refractivity contribution is 7.89. The van der Waals surface area contributed by atoms with Crippen molar-refractivity contribution in [2.45, 2.75) is 17.9 Å². The van der Waals surface area contributed by atoms with Crippen LogP contribution >= 0.6 is 0 Å². The Morgan fingerprint density at radius 2 is 1.79 bits per heavy atom. The highest BCUT2D eigenvalue weighted by atomic mass is 32.2. The second-order valence-electron chi connectivity index (χ2n) is 4.19. The van der Waals surface area contributed by atoms with Crippen LogP contribution in [0.25, 0.3) is 10.8 Å². The lowest BCUT2D eigenvalue weighted by Crippen LogP contribution is -2.38. The Hall–Kier alpha value is -1.92. The summed E-state index contributed by atoms with van der Waals surface area (Å²) < 4.78 is 26.1. The summed E-state index contributed by atoms with van der Waals surface area (Å²) in [5, 5.41) is 10.4. The zero-order valence-electron chi connectivity index (χ0n) is 10.2. The van der Waals surface area contributed by atoms with E-state index in [4.69, 9.17) is 5.11 Å². The third kappa shape index (κ3) is 2.91. The van der Waals surface area contributed by atoms with Crippen molar-refractivity contribution in [2.75, 3.05) is 0 Å². The number of nitrogens with one attached hydrogen (secondary N) is 1. The molecule has 0 saturated carbocycles. The second-order valence-corrected chi connectivity index (χ2v) is 5.90. The molecule has 0 spiro atoms. The van der Waals surface area contributed by atoms with Crippen molar-refractivity contribution in [3.05, 3.63) is 42.5 Å². The molecular weight excluding hydrogens is 266 g/mol. The molecule has 0 aliphatic carbocycles. The molecule has 0 aliphatic heterocycles. The van der Waals surface area contributed by atoms with E-state index in [0.29, 0.717) is 0 Å². The maximum Gasteiger partial charge on any atom is 0.321 e. The van der Waals surface area contributed by atoms with Gasteiger partial charge in [-0.15, -0.1) is 0 Å². The molecule has 0 amide bonds. The fourth-order valence-corrected chi connectivity index (χ4v) is 2.92. The molecule has 0 aromatic heterocycles. The van der Waals surface area contributed by atoms with Gasteiger partial charge in [0.2, 0.25) is 10.0 Å². The summed E-state index contributed by atoms with van der Waals surface area (Å²) in [7, 11) is -3.83. The van der Waals surface area contributed by atoms with Crippen molar-refractivity contribution in [1.29, 1.82) is 0 Å². The summed E-state index contributed by atoms with van der Waals surface area (Å²) in [4.78, 5) is 10.7. The van der Waals surface area contributed by atoms with Gasteiger partial charge in [0, 0.05) is 0 Å². The van der Waals surface area contributed by atoms with E-state index in [1.54, 1.807) is 12.1 Å². The molecule has 2 rings (SSSR count). The first-order valence-electron chi connectivity index (χ1n) is 5.64. The van der Waals surface area contributed by atoms with Gasteiger partial charge in [0.05, 0.1) is 4.90 Å². The lowest BCUT2D eigenvalue weighted by molar-refractivity contribution is -0.138. The van der Waals surface area contributed by atoms with Crippen LogP contribution in [0.1, 0.15) is 6.92 Å². The Balaban J connectivity index is 2.40. The van der Waals surface area contributed by atoms with Gasteiger partial charge in [-0.25, -0.2) is 8.42 Å². The predicted molar refractivity (Wildman–Crippen MR) is 71.4 cm³/mol. The SMILES string of the molecule is C[C@@H](NS(=O)(=O)c1ccc2ccccc2c1)C(=O)O. The predicted octanol–water partition coefficient (Wildman–Crippen LogP) is 1.59. The minimum atomic E-state index is -3.83. The summed E-state index contributed by atoms with van der Waals surface area (Å²) in [5.41, 5.74) is 0. The monoisotopic (exact) mass is 279 g/mol. The van der Waals surface area contributed by atoms with Crippen LogP contribution in [0.3, 0.4) is 0 Å². The molecule has 0 bridgehead atoms. The van der Waals surface area contributed by atoms with Crippen LogP contribution < -0.4 is 4.72 Å². The van der Waals surface area contributed by atoms with E-state index in [1.165, 1.54) is 19.1 Å². The van der Waals surface area contributed by atoms with E-state index in [2.05, 4.69) is 4.72 Å². The number of sulfonamides is 1. The third-order valence-corrected chi connectivity index (χ3v) is 4.27. The van der Waals surface area contributed by atoms with Gasteiger partial charge >= 0.3 is 5.97 Å². The van der Waals surface area contributed by atoms with Crippen molar-refractivity contribution in [3.8, 4) is 0 Å². The smallest absolute Gasteiger partial charge is 0.321 e. The molecule has 2 N–H and O–H groups in total. The molecule has 19 heavy (non-hydrogen) atoms. The summed E-state index contributed by atoms with van der Waals surface area (Å²) in [5.74, 6) is -1.22. The van der Waals surface area contributed by atoms with Crippen LogP contribution in [0.2, 0.25) is 0 Å². The van der Waals surface area contributed by atoms with Gasteiger partial charge < -0.3 is 5.11 Å². The molecule has 0 saturated heterocycles. The average molecular weight is 279 g/mol. The second kappa shape index (κ2) is 4.99. The third-order valence-electron chi connectivity index (χ3n) is 2.73. The van der Waals surface area contributed by atoms with Gasteiger partial charge in [-0.05, 0) is 29.8 Å². The highest BCUT2D eigenvalue weighted by Crippen LogP contribution is 2.18. The topological polar surface area (TPSA) is 83.5 Å². The first-order chi connectivity index (χ1) is 8.90. The van der Waals surface area contributed by atoms with Gasteiger partial charge in [-0.1, -0.05) is 30.3 Å². The molecule has 6 heteroatoms. The number of rotatable bonds is 4. The molecule has 0 fully saturated rings. The number of hydrogen-bond acceptors (Lipinski definition) is 3. The molecule has 5 nitrogen and oxygen atoms in total. The molecular formula is C13H13NO4S. The quantitative estimate of drug-likeness (QED) is 0.890. The molecule has 100 valence electrons. The van der Waals surface area contributed by atoms with Crippen LogP contribution in [0.15, 0.2) is 47.4 Å². The van der Waals surface area contributed by atoms with E-state index >= 15 is 0 Å². The molecule has 0 radical (unpaired) electrons. The van der Waals surface area contributed by atoms with Crippen molar-refractivity contribution in [2.24, 2.45) is 0 Å². The van der Waals surface area contributed by atoms with Crippen molar-refractivity contribution >= 4 is 26.8 Å². The molecule has 1 atom stereocenters. The zero-order chi connectivity index (χ0) is 14.0. The fourth-order valence-electron chi connectivity index (χ4n) is 1.69. The standard InChI is InChI=1S/C13H13NO4S/c1-9(13(15)16)14-19(17,18)12-7-6-10-4-2-3-5-11(10)8-12/h2-9,14H,1H3,(H,15,16)/t9-/m1/s1. The summed E-state index contributed by atoms with van der Waals surface area (Å²) in [6.07, 6.45) is 0. The van der Waals surface area contributed by atoms with Crippen LogP contribution in [-0.2, 0) is 14.8 Å². The number of carboxylic acids is 1. The van der Waals surface area contributed by atoms with Gasteiger partial charge in [0.25, 0.3) is 0 Å². The van der Waals surface area contributed by atoms with E-state index in [-0.39, 0.29) is 4.90 Å². The maximum atomic E-state index is 12.0. The van der Waals surface area contributed by atoms with Crippen LogP contribution in [0.5, 0.6) is 0 Å². The van der Waals surface area contributed by atoms with Gasteiger partial charge in [0.15, 0.2) is 0 Å². The number of carboxylic acid groups (broad SMARTS) is 1. The molecule has 2 aromatic rings. The first kappa shape index (κ1) is 13.5. The van der Waals surface area contributed by atoms with Crippen LogP contribution in [0.4, 0.5) is 0 Å². The normalized spacial score (nSPS) is 13.3. The lowest BCUT2D eigenvalue weighted by Gasteiger charge is -2.10. The Morgan fingerprint density at radius 1 is 1.16 bits per heavy atom. The Kier molecular flexibility index (Phi) is 3.55. The molecule has 0 unspecified atom stereocenters. The average Bonchev–Trinajstić information content (AvgIpc) is 2.37. The lowest BCUT2D eigenvalue weighted by atomic mass is 10.1. The van der Waals surface area contributed by atoms with E-state index in [9.17, 15) is 13.2 Å².